The average Bonchev–Trinajstić information content (AvgIpc) is 3.31. The monoisotopic (exact) mass is 399 g/mol. The lowest BCUT2D eigenvalue weighted by Gasteiger charge is -2.09. The van der Waals surface area contributed by atoms with Gasteiger partial charge in [0.15, 0.2) is 5.82 Å². The van der Waals surface area contributed by atoms with Crippen molar-refractivity contribution in [2.45, 2.75) is 13.3 Å². The zero-order valence-electron chi connectivity index (χ0n) is 14.7. The largest absolute Gasteiger partial charge is 0.494 e. The Morgan fingerprint density at radius 1 is 1.19 bits per heavy atom. The summed E-state index contributed by atoms with van der Waals surface area (Å²) in [6.07, 6.45) is 4.13. The van der Waals surface area contributed by atoms with Crippen LogP contribution in [0.4, 0.5) is 5.82 Å². The minimum absolute atomic E-state index is 0.611. The van der Waals surface area contributed by atoms with E-state index in [0.29, 0.717) is 17.5 Å². The van der Waals surface area contributed by atoms with Crippen LogP contribution in [0.1, 0.15) is 11.3 Å². The molecule has 0 amide bonds. The number of hydrogen-bond donors (Lipinski definition) is 1. The van der Waals surface area contributed by atoms with Crippen molar-refractivity contribution in [3.8, 4) is 17.1 Å². The molecule has 5 nitrogen and oxygen atoms in total. The fourth-order valence-corrected chi connectivity index (χ4v) is 3.70. The molecule has 0 fully saturated rings. The Bertz CT molecular complexity index is 1030. The molecule has 138 valence electrons. The summed E-state index contributed by atoms with van der Waals surface area (Å²) in [6, 6.07) is 11.4. The number of hydrogen-bond acceptors (Lipinski definition) is 6. The molecule has 7 heteroatoms. The molecule has 0 unspecified atom stereocenters. The second kappa shape index (κ2) is 7.98. The third-order valence-electron chi connectivity index (χ3n) is 3.99. The van der Waals surface area contributed by atoms with Gasteiger partial charge in [-0.2, -0.15) is 0 Å². The first-order chi connectivity index (χ1) is 13.2. The van der Waals surface area contributed by atoms with Gasteiger partial charge in [0.25, 0.3) is 0 Å². The van der Waals surface area contributed by atoms with Crippen molar-refractivity contribution in [3.63, 3.8) is 0 Å². The van der Waals surface area contributed by atoms with Crippen molar-refractivity contribution < 1.29 is 9.15 Å². The first kappa shape index (κ1) is 17.8. The fourth-order valence-electron chi connectivity index (χ4n) is 2.70. The van der Waals surface area contributed by atoms with Gasteiger partial charge in [-0.15, -0.1) is 11.3 Å². The van der Waals surface area contributed by atoms with Gasteiger partial charge in [0.1, 0.15) is 22.7 Å². The number of aryl methyl sites for hydroxylation is 1. The number of nitrogens with one attached hydrogen (secondary N) is 1. The van der Waals surface area contributed by atoms with E-state index in [1.807, 2.05) is 30.3 Å². The maximum atomic E-state index is 5.88. The molecule has 0 atom stereocenters. The van der Waals surface area contributed by atoms with Gasteiger partial charge < -0.3 is 14.5 Å². The van der Waals surface area contributed by atoms with Crippen molar-refractivity contribution in [2.75, 3.05) is 18.5 Å². The Labute approximate surface area is 166 Å². The lowest BCUT2D eigenvalue weighted by molar-refractivity contribution is 0.315. The van der Waals surface area contributed by atoms with Gasteiger partial charge in [-0.05, 0) is 49.7 Å². The minimum Gasteiger partial charge on any atom is -0.494 e. The molecule has 27 heavy (non-hydrogen) atoms. The maximum absolute atomic E-state index is 5.88. The van der Waals surface area contributed by atoms with Gasteiger partial charge >= 0.3 is 0 Å². The second-order valence-electron chi connectivity index (χ2n) is 6.07. The summed E-state index contributed by atoms with van der Waals surface area (Å²) in [4.78, 5) is 11.5. The van der Waals surface area contributed by atoms with Gasteiger partial charge in [0.2, 0.25) is 0 Å². The van der Waals surface area contributed by atoms with Gasteiger partial charge in [0.05, 0.1) is 23.8 Å². The number of furan rings is 1. The fraction of sp³-hybridized carbons (Fsp3) is 0.200. The number of fused-ring (bicyclic) bond motifs is 1. The molecule has 1 N–H and O–H groups in total. The van der Waals surface area contributed by atoms with Gasteiger partial charge in [-0.1, -0.05) is 11.6 Å². The summed E-state index contributed by atoms with van der Waals surface area (Å²) in [6.45, 7) is 3.44. The molecule has 0 aliphatic carbocycles. The lowest BCUT2D eigenvalue weighted by Crippen LogP contribution is -2.09. The van der Waals surface area contributed by atoms with Crippen LogP contribution in [-0.4, -0.2) is 23.1 Å². The average molecular weight is 400 g/mol. The van der Waals surface area contributed by atoms with E-state index in [-0.39, 0.29) is 0 Å². The Morgan fingerprint density at radius 2 is 2.04 bits per heavy atom. The van der Waals surface area contributed by atoms with Crippen molar-refractivity contribution in [1.82, 2.24) is 9.97 Å². The quantitative estimate of drug-likeness (QED) is 0.398. The molecule has 0 spiro atoms. The minimum atomic E-state index is 0.611. The highest BCUT2D eigenvalue weighted by atomic mass is 35.5. The topological polar surface area (TPSA) is 60.2 Å². The molecule has 3 heterocycles. The van der Waals surface area contributed by atoms with E-state index < -0.39 is 0 Å². The van der Waals surface area contributed by atoms with Gasteiger partial charge in [-0.25, -0.2) is 9.97 Å². The highest BCUT2D eigenvalue weighted by Gasteiger charge is 2.12. The lowest BCUT2D eigenvalue weighted by atomic mass is 10.3. The van der Waals surface area contributed by atoms with Crippen LogP contribution in [0, 0.1) is 6.92 Å². The summed E-state index contributed by atoms with van der Waals surface area (Å²) < 4.78 is 10.9. The highest BCUT2D eigenvalue weighted by molar-refractivity contribution is 7.18. The zero-order valence-corrected chi connectivity index (χ0v) is 16.3. The standard InChI is InChI=1S/C20H18ClN3O2S/c1-13-11-17-19(22-8-2-9-26-16-5-3-15(21)4-6-16)23-18(24-20(17)27-13)14-7-10-25-12-14/h3-7,10-12H,2,8-9H2,1H3,(H,22,23,24). The van der Waals surface area contributed by atoms with E-state index >= 15 is 0 Å². The molecule has 0 saturated heterocycles. The van der Waals surface area contributed by atoms with Crippen LogP contribution in [-0.2, 0) is 0 Å². The number of ether oxygens (including phenoxy) is 1. The smallest absolute Gasteiger partial charge is 0.166 e. The normalized spacial score (nSPS) is 11.0. The molecule has 4 rings (SSSR count). The van der Waals surface area contributed by atoms with Crippen LogP contribution in [0.25, 0.3) is 21.6 Å². The molecule has 0 bridgehead atoms. The number of rotatable bonds is 7. The van der Waals surface area contributed by atoms with E-state index in [1.165, 1.54) is 4.88 Å². The van der Waals surface area contributed by atoms with E-state index in [9.17, 15) is 0 Å². The molecule has 0 saturated carbocycles. The number of halogens is 1. The summed E-state index contributed by atoms with van der Waals surface area (Å²) in [5.74, 6) is 2.32. The Hall–Kier alpha value is -2.57. The predicted molar refractivity (Wildman–Crippen MR) is 110 cm³/mol. The van der Waals surface area contributed by atoms with E-state index in [0.717, 1.165) is 40.3 Å². The van der Waals surface area contributed by atoms with Crippen molar-refractivity contribution in [3.05, 3.63) is 58.8 Å². The highest BCUT2D eigenvalue weighted by Crippen LogP contribution is 2.31. The number of anilines is 1. The predicted octanol–water partition coefficient (Wildman–Crippen LogP) is 5.79. The van der Waals surface area contributed by atoms with E-state index in [2.05, 4.69) is 23.3 Å². The summed E-state index contributed by atoms with van der Waals surface area (Å²) >= 11 is 7.54. The number of thiophene rings is 1. The molecule has 4 aromatic rings. The van der Waals surface area contributed by atoms with Crippen molar-refractivity contribution in [1.29, 1.82) is 0 Å². The van der Waals surface area contributed by atoms with Crippen LogP contribution in [0.2, 0.25) is 5.02 Å². The first-order valence-corrected chi connectivity index (χ1v) is 9.81. The van der Waals surface area contributed by atoms with Crippen LogP contribution >= 0.6 is 22.9 Å². The maximum Gasteiger partial charge on any atom is 0.166 e. The number of aromatic nitrogens is 2. The third kappa shape index (κ3) is 4.23. The summed E-state index contributed by atoms with van der Waals surface area (Å²) in [5, 5.41) is 5.17. The van der Waals surface area contributed by atoms with Crippen LogP contribution in [0.15, 0.2) is 53.3 Å². The van der Waals surface area contributed by atoms with Crippen LogP contribution in [0.5, 0.6) is 5.75 Å². The summed E-state index contributed by atoms with van der Waals surface area (Å²) in [5.41, 5.74) is 0.872. The number of benzene rings is 1. The zero-order chi connectivity index (χ0) is 18.6. The molecular weight excluding hydrogens is 382 g/mol. The van der Waals surface area contributed by atoms with Crippen molar-refractivity contribution in [2.24, 2.45) is 0 Å². The SMILES string of the molecule is Cc1cc2c(NCCCOc3ccc(Cl)cc3)nc(-c3ccoc3)nc2s1. The Kier molecular flexibility index (Phi) is 5.27. The summed E-state index contributed by atoms with van der Waals surface area (Å²) in [7, 11) is 0. The van der Waals surface area contributed by atoms with Crippen molar-refractivity contribution >= 4 is 39.0 Å². The van der Waals surface area contributed by atoms with Crippen LogP contribution < -0.4 is 10.1 Å². The molecular formula is C20H18ClN3O2S. The molecule has 1 aromatic carbocycles. The van der Waals surface area contributed by atoms with Gasteiger partial charge in [-0.3, -0.25) is 0 Å². The third-order valence-corrected chi connectivity index (χ3v) is 5.19. The van der Waals surface area contributed by atoms with Gasteiger partial charge in [0, 0.05) is 16.4 Å². The molecule has 0 radical (unpaired) electrons. The number of nitrogens with zero attached hydrogens (tertiary/aromatic N) is 2. The van der Waals surface area contributed by atoms with E-state index in [4.69, 9.17) is 25.7 Å². The molecule has 0 aliphatic rings. The second-order valence-corrected chi connectivity index (χ2v) is 7.74. The van der Waals surface area contributed by atoms with Crippen LogP contribution in [0.3, 0.4) is 0 Å². The molecule has 3 aromatic heterocycles. The molecule has 0 aliphatic heterocycles. The Morgan fingerprint density at radius 3 is 2.81 bits per heavy atom. The first-order valence-electron chi connectivity index (χ1n) is 8.62. The van der Waals surface area contributed by atoms with E-state index in [1.54, 1.807) is 23.9 Å². The Balaban J connectivity index is 1.42.